The third-order valence-electron chi connectivity index (χ3n) is 3.51. The first kappa shape index (κ1) is 21.2. The molecule has 0 saturated carbocycles. The molecule has 1 aromatic rings. The van der Waals surface area contributed by atoms with Crippen LogP contribution in [0, 0.1) is 0 Å². The first-order chi connectivity index (χ1) is 9.54. The molecule has 0 amide bonds. The van der Waals surface area contributed by atoms with Gasteiger partial charge in [0.25, 0.3) is 0 Å². The predicted octanol–water partition coefficient (Wildman–Crippen LogP) is 2.92. The summed E-state index contributed by atoms with van der Waals surface area (Å²) in [5.74, 6) is 0. The normalized spacial score (nSPS) is 12.8. The molecule has 0 radical (unpaired) electrons. The second kappa shape index (κ2) is 7.63. The van der Waals surface area contributed by atoms with Crippen molar-refractivity contribution < 1.29 is 21.6 Å². The van der Waals surface area contributed by atoms with E-state index < -0.39 is 27.3 Å². The minimum absolute atomic E-state index is 0. The molecule has 1 rings (SSSR count). The molecule has 0 bridgehead atoms. The molecule has 0 unspecified atom stereocenters. The van der Waals surface area contributed by atoms with Gasteiger partial charge in [-0.3, -0.25) is 0 Å². The van der Waals surface area contributed by atoms with E-state index in [1.807, 2.05) is 13.8 Å². The van der Waals surface area contributed by atoms with Gasteiger partial charge in [0.15, 0.2) is 0 Å². The first-order valence-corrected chi connectivity index (χ1v) is 7.98. The van der Waals surface area contributed by atoms with Gasteiger partial charge >= 0.3 is 6.18 Å². The second-order valence-electron chi connectivity index (χ2n) is 4.92. The van der Waals surface area contributed by atoms with Crippen molar-refractivity contribution >= 4 is 22.4 Å². The van der Waals surface area contributed by atoms with Crippen molar-refractivity contribution in [3.8, 4) is 0 Å². The Balaban J connectivity index is 0.00000441. The molecule has 0 aliphatic heterocycles. The van der Waals surface area contributed by atoms with Crippen molar-refractivity contribution in [2.75, 3.05) is 6.54 Å². The molecular formula is C13H20ClF3N2O2S. The van der Waals surface area contributed by atoms with E-state index in [9.17, 15) is 21.6 Å². The van der Waals surface area contributed by atoms with Crippen LogP contribution in [0.25, 0.3) is 0 Å². The van der Waals surface area contributed by atoms with Crippen molar-refractivity contribution in [3.05, 3.63) is 29.8 Å². The quantitative estimate of drug-likeness (QED) is 0.819. The first-order valence-electron chi connectivity index (χ1n) is 6.50. The maximum Gasteiger partial charge on any atom is 0.416 e. The summed E-state index contributed by atoms with van der Waals surface area (Å²) in [4.78, 5) is -0.218. The lowest BCUT2D eigenvalue weighted by atomic mass is 9.95. The minimum atomic E-state index is -4.49. The van der Waals surface area contributed by atoms with Gasteiger partial charge in [0, 0.05) is 12.1 Å². The summed E-state index contributed by atoms with van der Waals surface area (Å²) in [5.41, 5.74) is 4.43. The van der Waals surface area contributed by atoms with E-state index in [1.165, 1.54) is 0 Å². The van der Waals surface area contributed by atoms with Crippen molar-refractivity contribution in [2.45, 2.75) is 43.3 Å². The molecule has 9 heteroatoms. The van der Waals surface area contributed by atoms with Crippen LogP contribution in [0.4, 0.5) is 13.2 Å². The Labute approximate surface area is 134 Å². The van der Waals surface area contributed by atoms with Crippen LogP contribution in [0.1, 0.15) is 32.3 Å². The monoisotopic (exact) mass is 360 g/mol. The fourth-order valence-corrected chi connectivity index (χ4v) is 2.78. The highest BCUT2D eigenvalue weighted by molar-refractivity contribution is 7.89. The average Bonchev–Trinajstić information content (AvgIpc) is 2.44. The molecule has 0 fully saturated rings. The largest absolute Gasteiger partial charge is 0.416 e. The van der Waals surface area contributed by atoms with Gasteiger partial charge in [-0.15, -0.1) is 12.4 Å². The van der Waals surface area contributed by atoms with Crippen LogP contribution in [0.2, 0.25) is 0 Å². The number of hydrogen-bond donors (Lipinski definition) is 2. The fraction of sp³-hybridized carbons (Fsp3) is 0.538. The number of sulfonamides is 1. The Bertz CT molecular complexity index is 570. The van der Waals surface area contributed by atoms with Gasteiger partial charge in [0.05, 0.1) is 10.5 Å². The SMILES string of the molecule is CCC(N)(CC)CNS(=O)(=O)c1ccc(C(F)(F)F)cc1.Cl. The molecule has 0 aliphatic rings. The number of hydrogen-bond acceptors (Lipinski definition) is 3. The molecule has 0 saturated heterocycles. The van der Waals surface area contributed by atoms with E-state index in [-0.39, 0.29) is 23.8 Å². The van der Waals surface area contributed by atoms with Crippen LogP contribution in [-0.4, -0.2) is 20.5 Å². The van der Waals surface area contributed by atoms with Gasteiger partial charge in [-0.1, -0.05) is 13.8 Å². The zero-order valence-electron chi connectivity index (χ0n) is 12.3. The van der Waals surface area contributed by atoms with E-state index >= 15 is 0 Å². The van der Waals surface area contributed by atoms with Gasteiger partial charge in [-0.05, 0) is 37.1 Å². The zero-order chi connectivity index (χ0) is 16.3. The summed E-state index contributed by atoms with van der Waals surface area (Å²) in [5, 5.41) is 0. The lowest BCUT2D eigenvalue weighted by molar-refractivity contribution is -0.137. The molecule has 4 nitrogen and oxygen atoms in total. The molecule has 0 heterocycles. The Kier molecular flexibility index (Phi) is 7.34. The molecule has 0 aromatic heterocycles. The summed E-state index contributed by atoms with van der Waals surface area (Å²) >= 11 is 0. The van der Waals surface area contributed by atoms with Crippen LogP contribution in [0.5, 0.6) is 0 Å². The van der Waals surface area contributed by atoms with Gasteiger partial charge in [0.1, 0.15) is 0 Å². The lowest BCUT2D eigenvalue weighted by Gasteiger charge is -2.26. The molecule has 0 aliphatic carbocycles. The van der Waals surface area contributed by atoms with E-state index in [0.29, 0.717) is 12.8 Å². The standard InChI is InChI=1S/C13H19F3N2O2S.ClH/c1-3-12(17,4-2)9-18-21(19,20)11-7-5-10(6-8-11)13(14,15)16;/h5-8,18H,3-4,9,17H2,1-2H3;1H. The molecule has 0 atom stereocenters. The molecule has 22 heavy (non-hydrogen) atoms. The fourth-order valence-electron chi connectivity index (χ4n) is 1.65. The lowest BCUT2D eigenvalue weighted by Crippen LogP contribution is -2.49. The summed E-state index contributed by atoms with van der Waals surface area (Å²) in [6.45, 7) is 3.72. The summed E-state index contributed by atoms with van der Waals surface area (Å²) in [6, 6.07) is 3.34. The molecule has 1 aromatic carbocycles. The number of nitrogens with two attached hydrogens (primary N) is 1. The highest BCUT2D eigenvalue weighted by atomic mass is 35.5. The summed E-state index contributed by atoms with van der Waals surface area (Å²) in [6.07, 6.45) is -3.33. The van der Waals surface area contributed by atoms with E-state index in [0.717, 1.165) is 24.3 Å². The minimum Gasteiger partial charge on any atom is -0.324 e. The van der Waals surface area contributed by atoms with Gasteiger partial charge in [-0.25, -0.2) is 13.1 Å². The van der Waals surface area contributed by atoms with Crippen LogP contribution >= 0.6 is 12.4 Å². The zero-order valence-corrected chi connectivity index (χ0v) is 13.9. The third-order valence-corrected chi connectivity index (χ3v) is 4.93. The maximum atomic E-state index is 12.4. The summed E-state index contributed by atoms with van der Waals surface area (Å²) < 4.78 is 63.7. The predicted molar refractivity (Wildman–Crippen MR) is 81.4 cm³/mol. The van der Waals surface area contributed by atoms with Crippen LogP contribution in [-0.2, 0) is 16.2 Å². The van der Waals surface area contributed by atoms with Crippen LogP contribution in [0.15, 0.2) is 29.2 Å². The topological polar surface area (TPSA) is 72.2 Å². The van der Waals surface area contributed by atoms with E-state index in [2.05, 4.69) is 4.72 Å². The van der Waals surface area contributed by atoms with E-state index in [4.69, 9.17) is 5.73 Å². The van der Waals surface area contributed by atoms with Crippen molar-refractivity contribution in [3.63, 3.8) is 0 Å². The van der Waals surface area contributed by atoms with Crippen molar-refractivity contribution in [2.24, 2.45) is 5.73 Å². The Morgan fingerprint density at radius 1 is 1.09 bits per heavy atom. The maximum absolute atomic E-state index is 12.4. The van der Waals surface area contributed by atoms with Crippen LogP contribution in [0.3, 0.4) is 0 Å². The number of nitrogens with one attached hydrogen (secondary N) is 1. The van der Waals surface area contributed by atoms with Crippen molar-refractivity contribution in [1.82, 2.24) is 4.72 Å². The highest BCUT2D eigenvalue weighted by Gasteiger charge is 2.31. The molecule has 3 N–H and O–H groups in total. The van der Waals surface area contributed by atoms with Gasteiger partial charge in [-0.2, -0.15) is 13.2 Å². The number of benzene rings is 1. The molecular weight excluding hydrogens is 341 g/mol. The third kappa shape index (κ3) is 5.42. The second-order valence-corrected chi connectivity index (χ2v) is 6.68. The van der Waals surface area contributed by atoms with Gasteiger partial charge < -0.3 is 5.73 Å². The summed E-state index contributed by atoms with van der Waals surface area (Å²) in [7, 11) is -3.87. The van der Waals surface area contributed by atoms with Gasteiger partial charge in [0.2, 0.25) is 10.0 Å². The Morgan fingerprint density at radius 2 is 1.55 bits per heavy atom. The Morgan fingerprint density at radius 3 is 1.91 bits per heavy atom. The number of rotatable bonds is 6. The molecule has 0 spiro atoms. The average molecular weight is 361 g/mol. The number of alkyl halides is 3. The highest BCUT2D eigenvalue weighted by Crippen LogP contribution is 2.29. The molecule has 128 valence electrons. The Hall–Kier alpha value is -0.830. The smallest absolute Gasteiger partial charge is 0.324 e. The van der Waals surface area contributed by atoms with Crippen molar-refractivity contribution in [1.29, 1.82) is 0 Å². The van der Waals surface area contributed by atoms with Crippen LogP contribution < -0.4 is 10.5 Å². The number of halogens is 4. The van der Waals surface area contributed by atoms with E-state index in [1.54, 1.807) is 0 Å².